The predicted octanol–water partition coefficient (Wildman–Crippen LogP) is 3.49. The first kappa shape index (κ1) is 24.7. The maximum absolute atomic E-state index is 13.4. The number of nitrogens with zero attached hydrogens (tertiary/aromatic N) is 9. The van der Waals surface area contributed by atoms with Gasteiger partial charge in [0, 0.05) is 37.7 Å². The van der Waals surface area contributed by atoms with Crippen LogP contribution >= 0.6 is 0 Å². The third-order valence-corrected chi connectivity index (χ3v) is 10.2. The summed E-state index contributed by atoms with van der Waals surface area (Å²) in [6, 6.07) is 6.56. The van der Waals surface area contributed by atoms with Crippen molar-refractivity contribution in [2.75, 3.05) is 6.54 Å². The summed E-state index contributed by atoms with van der Waals surface area (Å²) in [6.45, 7) is 1.03. The number of ether oxygens (including phenoxy) is 1. The summed E-state index contributed by atoms with van der Waals surface area (Å²) in [5.41, 5.74) is 1.30. The van der Waals surface area contributed by atoms with E-state index in [0.29, 0.717) is 35.8 Å². The van der Waals surface area contributed by atoms with Gasteiger partial charge in [-0.15, -0.1) is 15.3 Å². The van der Waals surface area contributed by atoms with Gasteiger partial charge in [0.25, 0.3) is 0 Å². The van der Waals surface area contributed by atoms with Crippen molar-refractivity contribution >= 4 is 16.9 Å². The SMILES string of the molecule is Cc1nnc2n1CCN(C(=O)C1CCC3(CC1)C1CC13Cc1nccc(-n3nnc4c(OC(F)F)cccc43)n1)C2. The zero-order valence-electron chi connectivity index (χ0n) is 22.6. The van der Waals surface area contributed by atoms with Gasteiger partial charge in [0.05, 0.1) is 6.54 Å². The van der Waals surface area contributed by atoms with Crippen molar-refractivity contribution in [2.45, 2.75) is 65.1 Å². The first-order chi connectivity index (χ1) is 19.9. The van der Waals surface area contributed by atoms with E-state index in [1.807, 2.05) is 11.8 Å². The van der Waals surface area contributed by atoms with Crippen LogP contribution in [0.3, 0.4) is 0 Å². The summed E-state index contributed by atoms with van der Waals surface area (Å²) in [7, 11) is 0. The Kier molecular flexibility index (Phi) is 5.27. The second kappa shape index (κ2) is 8.73. The van der Waals surface area contributed by atoms with E-state index in [2.05, 4.69) is 34.8 Å². The molecule has 0 saturated heterocycles. The molecule has 212 valence electrons. The molecular formula is C28H29F2N9O2. The Morgan fingerprint density at radius 2 is 2.00 bits per heavy atom. The molecule has 2 unspecified atom stereocenters. The van der Waals surface area contributed by atoms with Gasteiger partial charge >= 0.3 is 6.61 Å². The van der Waals surface area contributed by atoms with Crippen LogP contribution in [-0.4, -0.2) is 63.7 Å². The smallest absolute Gasteiger partial charge is 0.387 e. The molecule has 4 aromatic rings. The number of alkyl halides is 2. The van der Waals surface area contributed by atoms with Crippen LogP contribution in [-0.2, 0) is 24.3 Å². The van der Waals surface area contributed by atoms with E-state index in [-0.39, 0.29) is 28.5 Å². The molecule has 1 spiro atoms. The largest absolute Gasteiger partial charge is 0.432 e. The fourth-order valence-corrected chi connectivity index (χ4v) is 7.91. The number of aryl methyl sites for hydroxylation is 1. The average Bonchev–Trinajstić information content (AvgIpc) is 3.64. The highest BCUT2D eigenvalue weighted by atomic mass is 19.3. The van der Waals surface area contributed by atoms with Crippen LogP contribution in [0, 0.1) is 29.6 Å². The molecule has 4 heterocycles. The third kappa shape index (κ3) is 3.70. The third-order valence-electron chi connectivity index (χ3n) is 10.2. The summed E-state index contributed by atoms with van der Waals surface area (Å²) in [5, 5.41) is 16.6. The van der Waals surface area contributed by atoms with E-state index in [1.54, 1.807) is 24.4 Å². The van der Waals surface area contributed by atoms with Gasteiger partial charge in [-0.3, -0.25) is 4.79 Å². The monoisotopic (exact) mass is 561 g/mol. The Balaban J connectivity index is 0.942. The van der Waals surface area contributed by atoms with E-state index < -0.39 is 6.61 Å². The standard InChI is InChI=1S/C28H29F2N9O2/c1-16-33-34-23-15-37(11-12-38(16)23)25(40)17-5-8-27(9-6-17)20-13-28(20,27)14-21-31-10-7-22(32-21)39-18-3-2-4-19(41-26(29)30)24(18)35-36-39/h2-4,7,10,17,20,26H,5-6,8-9,11-15H2,1H3. The van der Waals surface area contributed by atoms with Crippen molar-refractivity contribution < 1.29 is 18.3 Å². The number of hydrogen-bond donors (Lipinski definition) is 0. The molecule has 0 radical (unpaired) electrons. The van der Waals surface area contributed by atoms with Gasteiger partial charge in [0.2, 0.25) is 5.91 Å². The Bertz CT molecular complexity index is 1680. The van der Waals surface area contributed by atoms with Crippen molar-refractivity contribution in [3.8, 4) is 11.6 Å². The second-order valence-electron chi connectivity index (χ2n) is 11.9. The lowest BCUT2D eigenvalue weighted by atomic mass is 9.70. The molecule has 3 saturated carbocycles. The molecule has 41 heavy (non-hydrogen) atoms. The average molecular weight is 562 g/mol. The number of carbonyl (C=O) groups is 1. The topological polar surface area (TPSA) is 117 Å². The lowest BCUT2D eigenvalue weighted by Gasteiger charge is -2.37. The number of halogens is 2. The highest BCUT2D eigenvalue weighted by Crippen LogP contribution is 2.92. The van der Waals surface area contributed by atoms with Gasteiger partial charge in [0.1, 0.15) is 17.2 Å². The first-order valence-electron chi connectivity index (χ1n) is 14.2. The van der Waals surface area contributed by atoms with Crippen molar-refractivity contribution in [2.24, 2.45) is 22.7 Å². The molecule has 3 aromatic heterocycles. The Morgan fingerprint density at radius 3 is 2.80 bits per heavy atom. The minimum Gasteiger partial charge on any atom is -0.432 e. The number of fused-ring (bicyclic) bond motifs is 5. The first-order valence-corrected chi connectivity index (χ1v) is 14.2. The van der Waals surface area contributed by atoms with Gasteiger partial charge in [0.15, 0.2) is 22.9 Å². The van der Waals surface area contributed by atoms with Crippen LogP contribution in [0.5, 0.6) is 5.75 Å². The molecule has 13 heteroatoms. The highest BCUT2D eigenvalue weighted by molar-refractivity contribution is 5.82. The Hall–Kier alpha value is -4.03. The lowest BCUT2D eigenvalue weighted by molar-refractivity contribution is -0.138. The molecule has 3 aliphatic carbocycles. The van der Waals surface area contributed by atoms with Crippen molar-refractivity contribution in [1.29, 1.82) is 0 Å². The van der Waals surface area contributed by atoms with Gasteiger partial charge in [-0.1, -0.05) is 11.3 Å². The molecular weight excluding hydrogens is 532 g/mol. The molecule has 0 bridgehead atoms. The maximum Gasteiger partial charge on any atom is 0.387 e. The highest BCUT2D eigenvalue weighted by Gasteiger charge is 2.87. The zero-order chi connectivity index (χ0) is 27.9. The van der Waals surface area contributed by atoms with Crippen LogP contribution in [0.15, 0.2) is 30.5 Å². The van der Waals surface area contributed by atoms with Gasteiger partial charge < -0.3 is 14.2 Å². The fraction of sp³-hybridized carbons (Fsp3) is 0.536. The van der Waals surface area contributed by atoms with Crippen LogP contribution in [0.25, 0.3) is 16.9 Å². The summed E-state index contributed by atoms with van der Waals surface area (Å²) in [6.07, 6.45) is 7.67. The van der Waals surface area contributed by atoms with Crippen LogP contribution in [0.1, 0.15) is 49.6 Å². The van der Waals surface area contributed by atoms with Crippen molar-refractivity contribution in [3.63, 3.8) is 0 Å². The minimum absolute atomic E-state index is 0.0228. The van der Waals surface area contributed by atoms with Crippen LogP contribution in [0.2, 0.25) is 0 Å². The minimum atomic E-state index is -2.95. The molecule has 11 nitrogen and oxygen atoms in total. The lowest BCUT2D eigenvalue weighted by Crippen LogP contribution is -2.43. The maximum atomic E-state index is 13.4. The van der Waals surface area contributed by atoms with E-state index in [4.69, 9.17) is 4.98 Å². The number of benzene rings is 1. The van der Waals surface area contributed by atoms with Crippen LogP contribution in [0.4, 0.5) is 8.78 Å². The Morgan fingerprint density at radius 1 is 1.15 bits per heavy atom. The van der Waals surface area contributed by atoms with Crippen molar-refractivity contribution in [1.82, 2.24) is 44.6 Å². The summed E-state index contributed by atoms with van der Waals surface area (Å²) in [4.78, 5) is 24.7. The van der Waals surface area contributed by atoms with Gasteiger partial charge in [-0.05, 0) is 67.9 Å². The number of aromatic nitrogens is 8. The number of hydrogen-bond acceptors (Lipinski definition) is 8. The molecule has 0 N–H and O–H groups in total. The van der Waals surface area contributed by atoms with E-state index in [9.17, 15) is 13.6 Å². The molecule has 8 rings (SSSR count). The molecule has 1 amide bonds. The van der Waals surface area contributed by atoms with Crippen LogP contribution < -0.4 is 4.74 Å². The quantitative estimate of drug-likeness (QED) is 0.351. The predicted molar refractivity (Wildman–Crippen MR) is 140 cm³/mol. The second-order valence-corrected chi connectivity index (χ2v) is 11.9. The summed E-state index contributed by atoms with van der Waals surface area (Å²) in [5.74, 6) is 4.05. The fourth-order valence-electron chi connectivity index (χ4n) is 7.91. The zero-order valence-corrected chi connectivity index (χ0v) is 22.6. The van der Waals surface area contributed by atoms with Crippen molar-refractivity contribution in [3.05, 3.63) is 47.9 Å². The molecule has 3 fully saturated rings. The van der Waals surface area contributed by atoms with E-state index in [1.165, 1.54) is 17.2 Å². The number of carbonyl (C=O) groups excluding carboxylic acids is 1. The van der Waals surface area contributed by atoms with Gasteiger partial charge in [-0.2, -0.15) is 13.5 Å². The summed E-state index contributed by atoms with van der Waals surface area (Å²) < 4.78 is 33.9. The summed E-state index contributed by atoms with van der Waals surface area (Å²) >= 11 is 0. The van der Waals surface area contributed by atoms with E-state index in [0.717, 1.165) is 56.1 Å². The molecule has 1 aliphatic heterocycles. The molecule has 4 aliphatic rings. The van der Waals surface area contributed by atoms with E-state index >= 15 is 0 Å². The molecule has 2 atom stereocenters. The van der Waals surface area contributed by atoms with Gasteiger partial charge in [-0.25, -0.2) is 9.97 Å². The number of amides is 1. The number of rotatable bonds is 6. The molecule has 1 aromatic carbocycles. The Labute approximate surface area is 233 Å². The normalized spacial score (nSPS) is 28.1.